The Hall–Kier alpha value is -0.520. The van der Waals surface area contributed by atoms with Gasteiger partial charge >= 0.3 is 5.97 Å². The van der Waals surface area contributed by atoms with Crippen LogP contribution in [0.25, 0.3) is 0 Å². The maximum Gasteiger partial charge on any atom is 0.336 e. The zero-order chi connectivity index (χ0) is 13.8. The van der Waals surface area contributed by atoms with E-state index in [4.69, 9.17) is 9.84 Å². The van der Waals surface area contributed by atoms with Gasteiger partial charge in [0.15, 0.2) is 0 Å². The van der Waals surface area contributed by atoms with E-state index in [0.29, 0.717) is 12.2 Å². The van der Waals surface area contributed by atoms with Crippen LogP contribution in [-0.4, -0.2) is 29.0 Å². The number of ether oxygens (including phenoxy) is 1. The number of hydrogen-bond donors (Lipinski definition) is 1. The zero-order valence-corrected chi connectivity index (χ0v) is 13.1. The Morgan fingerprint density at radius 2 is 2.11 bits per heavy atom. The van der Waals surface area contributed by atoms with Crippen molar-refractivity contribution in [3.63, 3.8) is 0 Å². The molecule has 3 nitrogen and oxygen atoms in total. The van der Waals surface area contributed by atoms with Gasteiger partial charge < -0.3 is 9.84 Å². The second-order valence-corrected chi connectivity index (χ2v) is 6.81. The maximum absolute atomic E-state index is 11.1. The Morgan fingerprint density at radius 1 is 1.44 bits per heavy atom. The van der Waals surface area contributed by atoms with E-state index in [9.17, 15) is 4.79 Å². The molecule has 1 rings (SSSR count). The van der Waals surface area contributed by atoms with Crippen molar-refractivity contribution < 1.29 is 14.6 Å². The molecule has 0 fully saturated rings. The minimum atomic E-state index is -0.901. The van der Waals surface area contributed by atoms with Gasteiger partial charge in [0.05, 0.1) is 17.8 Å². The Kier molecular flexibility index (Phi) is 5.69. The highest BCUT2D eigenvalue weighted by Gasteiger charge is 2.12. The summed E-state index contributed by atoms with van der Waals surface area (Å²) in [4.78, 5) is 11.8. The van der Waals surface area contributed by atoms with Gasteiger partial charge in [0.2, 0.25) is 0 Å². The number of benzene rings is 1. The van der Waals surface area contributed by atoms with E-state index in [2.05, 4.69) is 15.9 Å². The van der Waals surface area contributed by atoms with Crippen molar-refractivity contribution in [1.29, 1.82) is 0 Å². The van der Waals surface area contributed by atoms with Gasteiger partial charge in [-0.2, -0.15) is 0 Å². The number of carboxylic acids is 1. The SMILES string of the molecule is CC(C)(C)OCCSc1cc(Br)ccc1C(=O)O. The molecular weight excluding hydrogens is 316 g/mol. The number of carbonyl (C=O) groups is 1. The second kappa shape index (κ2) is 6.59. The molecule has 100 valence electrons. The molecule has 0 bridgehead atoms. The third-order valence-electron chi connectivity index (χ3n) is 2.05. The number of thioether (sulfide) groups is 1. The molecule has 0 saturated carbocycles. The molecule has 0 aliphatic carbocycles. The molecule has 0 atom stereocenters. The average molecular weight is 333 g/mol. The van der Waals surface area contributed by atoms with Gasteiger partial charge in [0.25, 0.3) is 0 Å². The Morgan fingerprint density at radius 3 is 2.67 bits per heavy atom. The molecule has 0 heterocycles. The van der Waals surface area contributed by atoms with Gasteiger partial charge in [0.1, 0.15) is 0 Å². The summed E-state index contributed by atoms with van der Waals surface area (Å²) in [6.07, 6.45) is 0. The van der Waals surface area contributed by atoms with Crippen LogP contribution in [0.1, 0.15) is 31.1 Å². The van der Waals surface area contributed by atoms with Gasteiger partial charge in [-0.25, -0.2) is 4.79 Å². The van der Waals surface area contributed by atoms with E-state index >= 15 is 0 Å². The molecule has 1 N–H and O–H groups in total. The molecule has 0 amide bonds. The lowest BCUT2D eigenvalue weighted by Gasteiger charge is -2.19. The molecule has 1 aromatic carbocycles. The van der Waals surface area contributed by atoms with Crippen molar-refractivity contribution in [3.05, 3.63) is 28.2 Å². The lowest BCUT2D eigenvalue weighted by Crippen LogP contribution is -2.20. The summed E-state index contributed by atoms with van der Waals surface area (Å²) >= 11 is 4.84. The minimum absolute atomic E-state index is 0.159. The smallest absolute Gasteiger partial charge is 0.336 e. The van der Waals surface area contributed by atoms with E-state index in [1.54, 1.807) is 12.1 Å². The van der Waals surface area contributed by atoms with E-state index < -0.39 is 5.97 Å². The summed E-state index contributed by atoms with van der Waals surface area (Å²) in [6, 6.07) is 5.17. The lowest BCUT2D eigenvalue weighted by atomic mass is 10.2. The fraction of sp³-hybridized carbons (Fsp3) is 0.462. The summed E-state index contributed by atoms with van der Waals surface area (Å²) in [5, 5.41) is 9.08. The molecule has 0 radical (unpaired) electrons. The highest BCUT2D eigenvalue weighted by atomic mass is 79.9. The normalized spacial score (nSPS) is 11.6. The number of halogens is 1. The molecule has 0 unspecified atom stereocenters. The van der Waals surface area contributed by atoms with Gasteiger partial charge in [-0.3, -0.25) is 0 Å². The number of aromatic carboxylic acids is 1. The van der Waals surface area contributed by atoms with Crippen LogP contribution in [0.15, 0.2) is 27.6 Å². The van der Waals surface area contributed by atoms with Crippen molar-refractivity contribution in [2.24, 2.45) is 0 Å². The molecule has 0 saturated heterocycles. The second-order valence-electron chi connectivity index (χ2n) is 4.75. The third-order valence-corrected chi connectivity index (χ3v) is 3.56. The standard InChI is InChI=1S/C13H17BrO3S/c1-13(2,3)17-6-7-18-11-8-9(14)4-5-10(11)12(15)16/h4-5,8H,6-7H2,1-3H3,(H,15,16). The third kappa shape index (κ3) is 5.42. The summed E-state index contributed by atoms with van der Waals surface area (Å²) in [7, 11) is 0. The molecule has 0 spiro atoms. The van der Waals surface area contributed by atoms with Gasteiger partial charge in [0, 0.05) is 15.1 Å². The van der Waals surface area contributed by atoms with Crippen molar-refractivity contribution >= 4 is 33.7 Å². The first-order chi connectivity index (χ1) is 8.29. The molecule has 1 aromatic rings. The van der Waals surface area contributed by atoms with Crippen LogP contribution in [0.4, 0.5) is 0 Å². The topological polar surface area (TPSA) is 46.5 Å². The molecule has 0 aliphatic rings. The van der Waals surface area contributed by atoms with Crippen LogP contribution >= 0.6 is 27.7 Å². The molecule has 18 heavy (non-hydrogen) atoms. The number of carboxylic acid groups (broad SMARTS) is 1. The molecular formula is C13H17BrO3S. The van der Waals surface area contributed by atoms with Crippen LogP contribution in [0.2, 0.25) is 0 Å². The summed E-state index contributed by atoms with van der Waals surface area (Å²) in [6.45, 7) is 6.60. The van der Waals surface area contributed by atoms with E-state index in [1.165, 1.54) is 11.8 Å². The van der Waals surface area contributed by atoms with E-state index in [1.807, 2.05) is 26.8 Å². The van der Waals surface area contributed by atoms with Crippen molar-refractivity contribution in [2.45, 2.75) is 31.3 Å². The molecule has 0 aromatic heterocycles. The highest BCUT2D eigenvalue weighted by Crippen LogP contribution is 2.26. The summed E-state index contributed by atoms with van der Waals surface area (Å²) < 4.78 is 6.48. The van der Waals surface area contributed by atoms with E-state index in [0.717, 1.165) is 15.1 Å². The van der Waals surface area contributed by atoms with Crippen molar-refractivity contribution in [1.82, 2.24) is 0 Å². The largest absolute Gasteiger partial charge is 0.478 e. The first kappa shape index (κ1) is 15.5. The number of hydrogen-bond acceptors (Lipinski definition) is 3. The quantitative estimate of drug-likeness (QED) is 0.652. The van der Waals surface area contributed by atoms with Gasteiger partial charge in [-0.1, -0.05) is 15.9 Å². The predicted molar refractivity (Wildman–Crippen MR) is 77.5 cm³/mol. The molecule has 0 aliphatic heterocycles. The molecule has 5 heteroatoms. The monoisotopic (exact) mass is 332 g/mol. The Labute approximate surface area is 120 Å². The van der Waals surface area contributed by atoms with Gasteiger partial charge in [-0.15, -0.1) is 11.8 Å². The Bertz CT molecular complexity index is 427. The van der Waals surface area contributed by atoms with Crippen LogP contribution in [-0.2, 0) is 4.74 Å². The van der Waals surface area contributed by atoms with Crippen LogP contribution in [0, 0.1) is 0 Å². The lowest BCUT2D eigenvalue weighted by molar-refractivity contribution is 0.00693. The fourth-order valence-electron chi connectivity index (χ4n) is 1.29. The minimum Gasteiger partial charge on any atom is -0.478 e. The highest BCUT2D eigenvalue weighted by molar-refractivity contribution is 9.10. The predicted octanol–water partition coefficient (Wildman–Crippen LogP) is 4.05. The van der Waals surface area contributed by atoms with Crippen molar-refractivity contribution in [2.75, 3.05) is 12.4 Å². The van der Waals surface area contributed by atoms with Crippen LogP contribution < -0.4 is 0 Å². The first-order valence-corrected chi connectivity index (χ1v) is 7.37. The first-order valence-electron chi connectivity index (χ1n) is 5.59. The fourth-order valence-corrected chi connectivity index (χ4v) is 2.71. The van der Waals surface area contributed by atoms with Gasteiger partial charge in [-0.05, 0) is 39.0 Å². The van der Waals surface area contributed by atoms with Crippen LogP contribution in [0.5, 0.6) is 0 Å². The average Bonchev–Trinajstić information content (AvgIpc) is 2.22. The van der Waals surface area contributed by atoms with E-state index in [-0.39, 0.29) is 5.60 Å². The Balaban J connectivity index is 2.61. The number of rotatable bonds is 5. The summed E-state index contributed by atoms with van der Waals surface area (Å²) in [5.74, 6) is -0.171. The van der Waals surface area contributed by atoms with Crippen LogP contribution in [0.3, 0.4) is 0 Å². The zero-order valence-electron chi connectivity index (χ0n) is 10.7. The maximum atomic E-state index is 11.1. The van der Waals surface area contributed by atoms with Crippen molar-refractivity contribution in [3.8, 4) is 0 Å². The summed E-state index contributed by atoms with van der Waals surface area (Å²) in [5.41, 5.74) is 0.173.